The lowest BCUT2D eigenvalue weighted by Crippen LogP contribution is -1.87. The Morgan fingerprint density at radius 2 is 1.93 bits per heavy atom. The van der Waals surface area contributed by atoms with Gasteiger partial charge in [-0.25, -0.2) is 0 Å². The Morgan fingerprint density at radius 1 is 1.13 bits per heavy atom. The van der Waals surface area contributed by atoms with Crippen molar-refractivity contribution < 1.29 is 5.11 Å². The fourth-order valence-electron chi connectivity index (χ4n) is 1.37. The normalized spacial score (nSPS) is 10.6. The second kappa shape index (κ2) is 4.54. The fourth-order valence-corrected chi connectivity index (χ4v) is 2.64. The molecule has 1 heterocycles. The minimum Gasteiger partial charge on any atom is -0.392 e. The lowest BCUT2D eigenvalue weighted by molar-refractivity contribution is 0.282. The minimum atomic E-state index is 0.00201. The lowest BCUT2D eigenvalue weighted by atomic mass is 10.1. The molecule has 1 aromatic carbocycles. The number of benzene rings is 1. The Balaban J connectivity index is 2.55. The molecule has 4 heteroatoms. The van der Waals surface area contributed by atoms with Gasteiger partial charge in [-0.15, -0.1) is 11.3 Å². The Labute approximate surface area is 102 Å². The maximum atomic E-state index is 9.21. The van der Waals surface area contributed by atoms with E-state index in [0.29, 0.717) is 5.02 Å². The molecule has 0 bridgehead atoms. The molecule has 1 nitrogen and oxygen atoms in total. The second-order valence-corrected chi connectivity index (χ2v) is 5.21. The van der Waals surface area contributed by atoms with Crippen LogP contribution in [0.2, 0.25) is 9.36 Å². The maximum Gasteiger partial charge on any atom is 0.0934 e. The highest BCUT2D eigenvalue weighted by Gasteiger charge is 2.07. The lowest BCUT2D eigenvalue weighted by Gasteiger charge is -2.05. The van der Waals surface area contributed by atoms with E-state index < -0.39 is 0 Å². The van der Waals surface area contributed by atoms with E-state index in [4.69, 9.17) is 23.2 Å². The summed E-state index contributed by atoms with van der Waals surface area (Å²) in [6.45, 7) is 0.00201. The quantitative estimate of drug-likeness (QED) is 0.856. The van der Waals surface area contributed by atoms with E-state index >= 15 is 0 Å². The van der Waals surface area contributed by atoms with Crippen molar-refractivity contribution in [2.24, 2.45) is 0 Å². The van der Waals surface area contributed by atoms with E-state index in [-0.39, 0.29) is 6.61 Å². The molecule has 2 rings (SSSR count). The smallest absolute Gasteiger partial charge is 0.0934 e. The Kier molecular flexibility index (Phi) is 3.32. The molecule has 1 aromatic heterocycles. The van der Waals surface area contributed by atoms with E-state index in [0.717, 1.165) is 20.3 Å². The van der Waals surface area contributed by atoms with Crippen molar-refractivity contribution in [3.05, 3.63) is 45.3 Å². The van der Waals surface area contributed by atoms with Crippen molar-refractivity contribution >= 4 is 34.5 Å². The van der Waals surface area contributed by atoms with Crippen LogP contribution < -0.4 is 0 Å². The summed E-state index contributed by atoms with van der Waals surface area (Å²) in [5, 5.41) is 9.87. The summed E-state index contributed by atoms with van der Waals surface area (Å²) < 4.78 is 0.730. The minimum absolute atomic E-state index is 0.00201. The molecule has 1 N–H and O–H groups in total. The molecule has 0 fully saturated rings. The zero-order valence-corrected chi connectivity index (χ0v) is 10.0. The van der Waals surface area contributed by atoms with Crippen LogP contribution in [0.3, 0.4) is 0 Å². The Bertz CT molecular complexity index is 479. The summed E-state index contributed by atoms with van der Waals surface area (Å²) in [5.74, 6) is 0. The van der Waals surface area contributed by atoms with E-state index in [1.807, 2.05) is 24.3 Å². The highest BCUT2D eigenvalue weighted by molar-refractivity contribution is 7.19. The number of halogens is 2. The molecule has 0 radical (unpaired) electrons. The first kappa shape index (κ1) is 11.0. The zero-order valence-electron chi connectivity index (χ0n) is 7.71. The van der Waals surface area contributed by atoms with Crippen molar-refractivity contribution in [3.63, 3.8) is 0 Å². The van der Waals surface area contributed by atoms with Gasteiger partial charge in [-0.1, -0.05) is 29.3 Å². The third-order valence-electron chi connectivity index (χ3n) is 2.08. The first-order chi connectivity index (χ1) is 7.20. The molecule has 0 aliphatic rings. The van der Waals surface area contributed by atoms with Crippen LogP contribution in [-0.4, -0.2) is 5.11 Å². The third-order valence-corrected chi connectivity index (χ3v) is 3.58. The summed E-state index contributed by atoms with van der Waals surface area (Å²) in [7, 11) is 0. The predicted octanol–water partition coefficient (Wildman–Crippen LogP) is 4.21. The van der Waals surface area contributed by atoms with Crippen LogP contribution in [0.4, 0.5) is 0 Å². The number of thiophene rings is 1. The standard InChI is InChI=1S/C11H8Cl2OS/c12-8-2-1-7(6-14)9(5-8)10-3-4-11(13)15-10/h1-5,14H,6H2. The van der Waals surface area contributed by atoms with Gasteiger partial charge < -0.3 is 5.11 Å². The molecule has 0 aliphatic carbocycles. The average molecular weight is 259 g/mol. The van der Waals surface area contributed by atoms with Crippen LogP contribution in [0.25, 0.3) is 10.4 Å². The van der Waals surface area contributed by atoms with Gasteiger partial charge in [0.2, 0.25) is 0 Å². The van der Waals surface area contributed by atoms with Crippen molar-refractivity contribution in [1.29, 1.82) is 0 Å². The molecule has 15 heavy (non-hydrogen) atoms. The molecule has 78 valence electrons. The van der Waals surface area contributed by atoms with Crippen LogP contribution in [0, 0.1) is 0 Å². The monoisotopic (exact) mass is 258 g/mol. The molecule has 0 spiro atoms. The van der Waals surface area contributed by atoms with E-state index in [2.05, 4.69) is 0 Å². The molecule has 0 saturated heterocycles. The molecule has 0 unspecified atom stereocenters. The van der Waals surface area contributed by atoms with Crippen LogP contribution in [0.15, 0.2) is 30.3 Å². The van der Waals surface area contributed by atoms with Crippen LogP contribution in [0.1, 0.15) is 5.56 Å². The van der Waals surface area contributed by atoms with Gasteiger partial charge in [-0.3, -0.25) is 0 Å². The number of hydrogen-bond donors (Lipinski definition) is 1. The largest absolute Gasteiger partial charge is 0.392 e. The number of hydrogen-bond acceptors (Lipinski definition) is 2. The van der Waals surface area contributed by atoms with E-state index in [1.54, 1.807) is 6.07 Å². The number of rotatable bonds is 2. The second-order valence-electron chi connectivity index (χ2n) is 3.06. The van der Waals surface area contributed by atoms with Gasteiger partial charge in [0.25, 0.3) is 0 Å². The van der Waals surface area contributed by atoms with Gasteiger partial charge in [0.05, 0.1) is 10.9 Å². The molecule has 0 atom stereocenters. The third kappa shape index (κ3) is 2.34. The Hall–Kier alpha value is -0.540. The maximum absolute atomic E-state index is 9.21. The van der Waals surface area contributed by atoms with Crippen molar-refractivity contribution in [3.8, 4) is 10.4 Å². The molecule has 0 aliphatic heterocycles. The van der Waals surface area contributed by atoms with E-state index in [9.17, 15) is 5.11 Å². The highest BCUT2D eigenvalue weighted by atomic mass is 35.5. The SMILES string of the molecule is OCc1ccc(Cl)cc1-c1ccc(Cl)s1. The van der Waals surface area contributed by atoms with Crippen LogP contribution >= 0.6 is 34.5 Å². The van der Waals surface area contributed by atoms with Crippen LogP contribution in [-0.2, 0) is 6.61 Å². The van der Waals surface area contributed by atoms with Crippen molar-refractivity contribution in [2.75, 3.05) is 0 Å². The molecular weight excluding hydrogens is 251 g/mol. The number of aliphatic hydroxyl groups is 1. The van der Waals surface area contributed by atoms with Crippen molar-refractivity contribution in [1.82, 2.24) is 0 Å². The summed E-state index contributed by atoms with van der Waals surface area (Å²) in [5.41, 5.74) is 1.81. The molecule has 0 saturated carbocycles. The van der Waals surface area contributed by atoms with Gasteiger partial charge in [-0.05, 0) is 35.4 Å². The van der Waals surface area contributed by atoms with Gasteiger partial charge in [0.15, 0.2) is 0 Å². The first-order valence-corrected chi connectivity index (χ1v) is 5.93. The first-order valence-electron chi connectivity index (χ1n) is 4.35. The number of aliphatic hydroxyl groups excluding tert-OH is 1. The summed E-state index contributed by atoms with van der Waals surface area (Å²) >= 11 is 13.3. The van der Waals surface area contributed by atoms with Gasteiger partial charge >= 0.3 is 0 Å². The Morgan fingerprint density at radius 3 is 2.53 bits per heavy atom. The van der Waals surface area contributed by atoms with E-state index in [1.165, 1.54) is 11.3 Å². The zero-order chi connectivity index (χ0) is 10.8. The summed E-state index contributed by atoms with van der Waals surface area (Å²) in [6.07, 6.45) is 0. The topological polar surface area (TPSA) is 20.2 Å². The average Bonchev–Trinajstić information content (AvgIpc) is 2.65. The molecule has 2 aromatic rings. The molecule has 0 amide bonds. The van der Waals surface area contributed by atoms with Gasteiger partial charge in [-0.2, -0.15) is 0 Å². The van der Waals surface area contributed by atoms with Gasteiger partial charge in [0, 0.05) is 9.90 Å². The highest BCUT2D eigenvalue weighted by Crippen LogP contribution is 2.34. The molecular formula is C11H8Cl2OS. The van der Waals surface area contributed by atoms with Crippen LogP contribution in [0.5, 0.6) is 0 Å². The van der Waals surface area contributed by atoms with Gasteiger partial charge in [0.1, 0.15) is 0 Å². The summed E-state index contributed by atoms with van der Waals surface area (Å²) in [6, 6.07) is 9.20. The predicted molar refractivity (Wildman–Crippen MR) is 65.7 cm³/mol. The fraction of sp³-hybridized carbons (Fsp3) is 0.0909. The van der Waals surface area contributed by atoms with Crippen molar-refractivity contribution in [2.45, 2.75) is 6.61 Å². The summed E-state index contributed by atoms with van der Waals surface area (Å²) in [4.78, 5) is 1.02.